The van der Waals surface area contributed by atoms with Gasteiger partial charge in [-0.05, 0) is 34.1 Å². The molecular formula is C12H7BrCl2N2O. The Labute approximate surface area is 122 Å². The van der Waals surface area contributed by atoms with E-state index in [9.17, 15) is 4.79 Å². The number of aromatic nitrogens is 1. The second-order valence-electron chi connectivity index (χ2n) is 3.42. The van der Waals surface area contributed by atoms with Crippen LogP contribution in [-0.4, -0.2) is 10.9 Å². The van der Waals surface area contributed by atoms with Gasteiger partial charge in [0.05, 0.1) is 16.3 Å². The average Bonchev–Trinajstić information content (AvgIpc) is 2.35. The number of para-hydroxylation sites is 1. The lowest BCUT2D eigenvalue weighted by atomic mass is 10.2. The second-order valence-corrected chi connectivity index (χ2v) is 5.07. The first-order valence-corrected chi connectivity index (χ1v) is 6.50. The maximum absolute atomic E-state index is 12.0. The van der Waals surface area contributed by atoms with E-state index in [1.807, 2.05) is 18.2 Å². The first kappa shape index (κ1) is 13.3. The minimum Gasteiger partial charge on any atom is -0.321 e. The number of amides is 1. The Morgan fingerprint density at radius 2 is 2.00 bits per heavy atom. The van der Waals surface area contributed by atoms with Crippen LogP contribution in [0.1, 0.15) is 10.4 Å². The molecule has 0 aliphatic rings. The molecule has 0 spiro atoms. The van der Waals surface area contributed by atoms with Gasteiger partial charge < -0.3 is 5.32 Å². The van der Waals surface area contributed by atoms with Gasteiger partial charge in [0.1, 0.15) is 5.15 Å². The number of rotatable bonds is 2. The lowest BCUT2D eigenvalue weighted by Gasteiger charge is -2.08. The third-order valence-electron chi connectivity index (χ3n) is 2.19. The van der Waals surface area contributed by atoms with E-state index in [2.05, 4.69) is 26.2 Å². The fraction of sp³-hybridized carbons (Fsp3) is 0. The Morgan fingerprint density at radius 3 is 2.72 bits per heavy atom. The summed E-state index contributed by atoms with van der Waals surface area (Å²) in [5.74, 6) is -0.337. The minimum absolute atomic E-state index is 0.219. The predicted octanol–water partition coefficient (Wildman–Crippen LogP) is 4.40. The van der Waals surface area contributed by atoms with Crippen molar-refractivity contribution in [3.05, 3.63) is 56.7 Å². The maximum atomic E-state index is 12.0. The number of anilines is 1. The molecule has 0 bridgehead atoms. The van der Waals surface area contributed by atoms with Gasteiger partial charge in [-0.15, -0.1) is 0 Å². The Balaban J connectivity index is 2.28. The van der Waals surface area contributed by atoms with E-state index in [0.717, 1.165) is 4.47 Å². The fourth-order valence-corrected chi connectivity index (χ4v) is 2.07. The third-order valence-corrected chi connectivity index (χ3v) is 3.39. The first-order chi connectivity index (χ1) is 8.58. The number of hydrogen-bond acceptors (Lipinski definition) is 2. The zero-order valence-electron chi connectivity index (χ0n) is 8.95. The molecule has 0 saturated carbocycles. The molecular weight excluding hydrogens is 339 g/mol. The van der Waals surface area contributed by atoms with Crippen molar-refractivity contribution in [3.8, 4) is 0 Å². The number of nitrogens with zero attached hydrogens (tertiary/aromatic N) is 1. The normalized spacial score (nSPS) is 10.2. The highest BCUT2D eigenvalue weighted by Gasteiger charge is 2.12. The Morgan fingerprint density at radius 1 is 1.28 bits per heavy atom. The molecule has 92 valence electrons. The highest BCUT2D eigenvalue weighted by Crippen LogP contribution is 2.24. The molecule has 0 unspecified atom stereocenters. The van der Waals surface area contributed by atoms with Crippen molar-refractivity contribution < 1.29 is 4.79 Å². The molecule has 3 nitrogen and oxygen atoms in total. The van der Waals surface area contributed by atoms with Crippen LogP contribution in [0.2, 0.25) is 10.2 Å². The van der Waals surface area contributed by atoms with Gasteiger partial charge in [-0.2, -0.15) is 0 Å². The summed E-state index contributed by atoms with van der Waals surface area (Å²) in [5.41, 5.74) is 0.943. The number of pyridine rings is 1. The highest BCUT2D eigenvalue weighted by atomic mass is 79.9. The van der Waals surface area contributed by atoms with E-state index < -0.39 is 0 Å². The molecule has 1 aromatic heterocycles. The molecule has 0 radical (unpaired) electrons. The second kappa shape index (κ2) is 5.69. The molecule has 1 N–H and O–H groups in total. The summed E-state index contributed by atoms with van der Waals surface area (Å²) in [6.45, 7) is 0. The smallest absolute Gasteiger partial charge is 0.257 e. The lowest BCUT2D eigenvalue weighted by molar-refractivity contribution is 0.102. The molecule has 0 aliphatic carbocycles. The molecule has 0 atom stereocenters. The van der Waals surface area contributed by atoms with E-state index in [1.165, 1.54) is 12.3 Å². The van der Waals surface area contributed by atoms with E-state index in [0.29, 0.717) is 5.69 Å². The van der Waals surface area contributed by atoms with Crippen LogP contribution in [0.5, 0.6) is 0 Å². The highest BCUT2D eigenvalue weighted by molar-refractivity contribution is 9.10. The maximum Gasteiger partial charge on any atom is 0.257 e. The van der Waals surface area contributed by atoms with Crippen LogP contribution in [0, 0.1) is 0 Å². The standard InChI is InChI=1S/C12H7BrCl2N2O/c13-8-3-1-2-4-10(8)17-12(18)7-5-11(15)16-6-9(7)14/h1-6H,(H,17,18). The minimum atomic E-state index is -0.337. The van der Waals surface area contributed by atoms with Crippen molar-refractivity contribution in [1.29, 1.82) is 0 Å². The van der Waals surface area contributed by atoms with Crippen LogP contribution in [0.4, 0.5) is 5.69 Å². The summed E-state index contributed by atoms with van der Waals surface area (Å²) in [4.78, 5) is 15.8. The van der Waals surface area contributed by atoms with Crippen LogP contribution in [0.3, 0.4) is 0 Å². The lowest BCUT2D eigenvalue weighted by Crippen LogP contribution is -2.13. The molecule has 18 heavy (non-hydrogen) atoms. The van der Waals surface area contributed by atoms with Gasteiger partial charge in [0.25, 0.3) is 5.91 Å². The van der Waals surface area contributed by atoms with Gasteiger partial charge in [0, 0.05) is 10.7 Å². The molecule has 2 rings (SSSR count). The van der Waals surface area contributed by atoms with Crippen molar-refractivity contribution in [2.75, 3.05) is 5.32 Å². The molecule has 6 heteroatoms. The summed E-state index contributed by atoms with van der Waals surface area (Å²) >= 11 is 15.0. The van der Waals surface area contributed by atoms with Crippen molar-refractivity contribution in [2.24, 2.45) is 0 Å². The number of carbonyl (C=O) groups excluding carboxylic acids is 1. The number of halogens is 3. The summed E-state index contributed by atoms with van der Waals surface area (Å²) in [6, 6.07) is 8.71. The number of benzene rings is 1. The van der Waals surface area contributed by atoms with Gasteiger partial charge in [0.15, 0.2) is 0 Å². The SMILES string of the molecule is O=C(Nc1ccccc1Br)c1cc(Cl)ncc1Cl. The predicted molar refractivity (Wildman–Crippen MR) is 76.4 cm³/mol. The van der Waals surface area contributed by atoms with Crippen LogP contribution in [-0.2, 0) is 0 Å². The first-order valence-electron chi connectivity index (χ1n) is 4.95. The van der Waals surface area contributed by atoms with Gasteiger partial charge in [-0.25, -0.2) is 4.98 Å². The molecule has 0 aliphatic heterocycles. The molecule has 1 amide bonds. The molecule has 0 saturated heterocycles. The van der Waals surface area contributed by atoms with Crippen LogP contribution >= 0.6 is 39.1 Å². The Kier molecular flexibility index (Phi) is 4.22. The van der Waals surface area contributed by atoms with E-state index in [4.69, 9.17) is 23.2 Å². The summed E-state index contributed by atoms with van der Waals surface area (Å²) in [5, 5.41) is 3.21. The Hall–Kier alpha value is -1.10. The van der Waals surface area contributed by atoms with Gasteiger partial charge in [-0.3, -0.25) is 4.79 Å². The summed E-state index contributed by atoms with van der Waals surface area (Å²) in [6.07, 6.45) is 1.35. The summed E-state index contributed by atoms with van der Waals surface area (Å²) < 4.78 is 0.787. The van der Waals surface area contributed by atoms with E-state index in [-0.39, 0.29) is 21.6 Å². The Bertz CT molecular complexity index is 604. The van der Waals surface area contributed by atoms with Crippen molar-refractivity contribution >= 4 is 50.7 Å². The molecule has 1 heterocycles. The quantitative estimate of drug-likeness (QED) is 0.819. The molecule has 2 aromatic rings. The number of hydrogen-bond donors (Lipinski definition) is 1. The van der Waals surface area contributed by atoms with Gasteiger partial charge >= 0.3 is 0 Å². The molecule has 0 fully saturated rings. The molecule has 1 aromatic carbocycles. The monoisotopic (exact) mass is 344 g/mol. The summed E-state index contributed by atoms with van der Waals surface area (Å²) in [7, 11) is 0. The third kappa shape index (κ3) is 3.02. The van der Waals surface area contributed by atoms with Crippen molar-refractivity contribution in [1.82, 2.24) is 4.98 Å². The topological polar surface area (TPSA) is 42.0 Å². The average molecular weight is 346 g/mol. The zero-order valence-corrected chi connectivity index (χ0v) is 12.1. The number of carbonyl (C=O) groups is 1. The van der Waals surface area contributed by atoms with E-state index in [1.54, 1.807) is 6.07 Å². The van der Waals surface area contributed by atoms with Crippen LogP contribution < -0.4 is 5.32 Å². The van der Waals surface area contributed by atoms with Crippen LogP contribution in [0.15, 0.2) is 41.0 Å². The zero-order chi connectivity index (χ0) is 13.1. The number of nitrogens with one attached hydrogen (secondary N) is 1. The fourth-order valence-electron chi connectivity index (χ4n) is 1.34. The van der Waals surface area contributed by atoms with Gasteiger partial charge in [-0.1, -0.05) is 35.3 Å². The van der Waals surface area contributed by atoms with Crippen molar-refractivity contribution in [3.63, 3.8) is 0 Å². The van der Waals surface area contributed by atoms with Crippen LogP contribution in [0.25, 0.3) is 0 Å². The van der Waals surface area contributed by atoms with Gasteiger partial charge in [0.2, 0.25) is 0 Å². The van der Waals surface area contributed by atoms with Crippen molar-refractivity contribution in [2.45, 2.75) is 0 Å². The largest absolute Gasteiger partial charge is 0.321 e. The van der Waals surface area contributed by atoms with E-state index >= 15 is 0 Å².